The molecule has 7 heteroatoms. The highest BCUT2D eigenvalue weighted by Crippen LogP contribution is 2.48. The molecule has 2 fully saturated rings. The molecule has 0 radical (unpaired) electrons. The van der Waals surface area contributed by atoms with Gasteiger partial charge in [-0.05, 0) is 63.0 Å². The standard InChI is InChI=1S/C22H28Cl2N4O/c1-13-11-18(25)22(12-13)7-9-27(10-8-22)20-14(2)21(29)28(15(3)26-20)17-6-4-5-16(23)19(17)24/h4-6,13,18H,7-12,25H2,1-3H3/t13-,18+/m0/s1. The first-order valence-electron chi connectivity index (χ1n) is 10.3. The van der Waals surface area contributed by atoms with Gasteiger partial charge in [0.2, 0.25) is 0 Å². The van der Waals surface area contributed by atoms with Crippen molar-refractivity contribution < 1.29 is 0 Å². The lowest BCUT2D eigenvalue weighted by atomic mass is 9.74. The molecule has 2 heterocycles. The van der Waals surface area contributed by atoms with Gasteiger partial charge in [0.05, 0.1) is 21.3 Å². The van der Waals surface area contributed by atoms with Gasteiger partial charge in [0.1, 0.15) is 11.6 Å². The molecule has 1 saturated carbocycles. The van der Waals surface area contributed by atoms with Gasteiger partial charge >= 0.3 is 0 Å². The van der Waals surface area contributed by atoms with Crippen molar-refractivity contribution in [2.75, 3.05) is 18.0 Å². The normalized spacial score (nSPS) is 23.7. The van der Waals surface area contributed by atoms with Crippen LogP contribution < -0.4 is 16.2 Å². The fraction of sp³-hybridized carbons (Fsp3) is 0.545. The average molecular weight is 435 g/mol. The Morgan fingerprint density at radius 1 is 1.21 bits per heavy atom. The highest BCUT2D eigenvalue weighted by Gasteiger charge is 2.46. The Balaban J connectivity index is 1.66. The summed E-state index contributed by atoms with van der Waals surface area (Å²) in [5.74, 6) is 2.08. The van der Waals surface area contributed by atoms with E-state index in [2.05, 4.69) is 11.8 Å². The summed E-state index contributed by atoms with van der Waals surface area (Å²) in [4.78, 5) is 20.3. The maximum atomic E-state index is 13.2. The summed E-state index contributed by atoms with van der Waals surface area (Å²) in [5.41, 5.74) is 7.83. The van der Waals surface area contributed by atoms with Crippen molar-refractivity contribution in [1.82, 2.24) is 9.55 Å². The van der Waals surface area contributed by atoms with Crippen molar-refractivity contribution >= 4 is 29.0 Å². The van der Waals surface area contributed by atoms with Crippen LogP contribution in [0.3, 0.4) is 0 Å². The molecular weight excluding hydrogens is 407 g/mol. The lowest BCUT2D eigenvalue weighted by Gasteiger charge is -2.43. The number of piperidine rings is 1. The largest absolute Gasteiger partial charge is 0.356 e. The molecule has 1 saturated heterocycles. The van der Waals surface area contributed by atoms with Crippen LogP contribution in [-0.2, 0) is 0 Å². The Morgan fingerprint density at radius 3 is 2.52 bits per heavy atom. The molecule has 5 nitrogen and oxygen atoms in total. The van der Waals surface area contributed by atoms with E-state index in [1.807, 2.05) is 13.8 Å². The summed E-state index contributed by atoms with van der Waals surface area (Å²) >= 11 is 12.5. The van der Waals surface area contributed by atoms with E-state index in [4.69, 9.17) is 33.9 Å². The first kappa shape index (κ1) is 20.7. The van der Waals surface area contributed by atoms with E-state index in [0.29, 0.717) is 33.0 Å². The molecule has 1 aliphatic heterocycles. The van der Waals surface area contributed by atoms with Crippen molar-refractivity contribution in [2.24, 2.45) is 17.1 Å². The van der Waals surface area contributed by atoms with Crippen LogP contribution in [0, 0.1) is 25.2 Å². The molecule has 1 spiro atoms. The third kappa shape index (κ3) is 3.47. The van der Waals surface area contributed by atoms with Gasteiger partial charge in [-0.25, -0.2) is 4.98 Å². The number of aryl methyl sites for hydroxylation is 1. The third-order valence-corrected chi connectivity index (χ3v) is 7.69. The Labute approximate surface area is 181 Å². The van der Waals surface area contributed by atoms with Crippen molar-refractivity contribution in [3.05, 3.63) is 50.0 Å². The Bertz CT molecular complexity index is 995. The van der Waals surface area contributed by atoms with Crippen LogP contribution in [0.2, 0.25) is 10.0 Å². The van der Waals surface area contributed by atoms with E-state index in [1.165, 1.54) is 6.42 Å². The summed E-state index contributed by atoms with van der Waals surface area (Å²) in [6, 6.07) is 5.57. The van der Waals surface area contributed by atoms with Crippen LogP contribution in [0.1, 0.15) is 44.0 Å². The highest BCUT2D eigenvalue weighted by atomic mass is 35.5. The number of anilines is 1. The van der Waals surface area contributed by atoms with E-state index >= 15 is 0 Å². The van der Waals surface area contributed by atoms with E-state index in [-0.39, 0.29) is 17.0 Å². The molecule has 4 rings (SSSR count). The molecule has 156 valence electrons. The van der Waals surface area contributed by atoms with Crippen LogP contribution in [0.4, 0.5) is 5.82 Å². The second kappa shape index (κ2) is 7.60. The van der Waals surface area contributed by atoms with Crippen molar-refractivity contribution in [3.8, 4) is 5.69 Å². The monoisotopic (exact) mass is 434 g/mol. The molecule has 0 bridgehead atoms. The molecule has 2 aromatic rings. The van der Waals surface area contributed by atoms with E-state index in [1.54, 1.807) is 22.8 Å². The van der Waals surface area contributed by atoms with Gasteiger partial charge in [-0.2, -0.15) is 0 Å². The average Bonchev–Trinajstić information content (AvgIpc) is 2.95. The molecule has 29 heavy (non-hydrogen) atoms. The minimum Gasteiger partial charge on any atom is -0.356 e. The first-order valence-corrected chi connectivity index (χ1v) is 11.0. The summed E-state index contributed by atoms with van der Waals surface area (Å²) in [6.45, 7) is 7.75. The van der Waals surface area contributed by atoms with Gasteiger partial charge in [-0.3, -0.25) is 9.36 Å². The van der Waals surface area contributed by atoms with Gasteiger partial charge in [-0.15, -0.1) is 0 Å². The SMILES string of the molecule is Cc1c(N2CCC3(CC2)C[C@@H](C)C[C@H]3N)nc(C)n(-c2cccc(Cl)c2Cl)c1=O. The third-order valence-electron chi connectivity index (χ3n) is 6.88. The van der Waals surface area contributed by atoms with Crippen LogP contribution >= 0.6 is 23.2 Å². The topological polar surface area (TPSA) is 64.2 Å². The van der Waals surface area contributed by atoms with Crippen LogP contribution in [-0.4, -0.2) is 28.7 Å². The Morgan fingerprint density at radius 2 is 1.90 bits per heavy atom. The maximum absolute atomic E-state index is 13.2. The molecule has 2 N–H and O–H groups in total. The maximum Gasteiger partial charge on any atom is 0.263 e. The fourth-order valence-corrected chi connectivity index (χ4v) is 5.69. The summed E-state index contributed by atoms with van der Waals surface area (Å²) in [5, 5.41) is 0.776. The number of halogens is 2. The second-order valence-corrected chi connectivity index (χ2v) is 9.61. The van der Waals surface area contributed by atoms with Crippen LogP contribution in [0.25, 0.3) is 5.69 Å². The van der Waals surface area contributed by atoms with Gasteiger partial charge in [-0.1, -0.05) is 36.2 Å². The van der Waals surface area contributed by atoms with Gasteiger partial charge in [0.25, 0.3) is 5.56 Å². The molecule has 1 aromatic heterocycles. The number of hydrogen-bond acceptors (Lipinski definition) is 4. The van der Waals surface area contributed by atoms with Gasteiger partial charge in [0, 0.05) is 19.1 Å². The first-order chi connectivity index (χ1) is 13.7. The predicted octanol–water partition coefficient (Wildman–Crippen LogP) is 4.50. The summed E-state index contributed by atoms with van der Waals surface area (Å²) in [7, 11) is 0. The molecule has 1 aliphatic carbocycles. The molecular formula is C22H28Cl2N4O. The van der Waals surface area contributed by atoms with Gasteiger partial charge in [0.15, 0.2) is 0 Å². The lowest BCUT2D eigenvalue weighted by Crippen LogP contribution is -2.47. The number of benzene rings is 1. The summed E-state index contributed by atoms with van der Waals surface area (Å²) < 4.78 is 1.55. The van der Waals surface area contributed by atoms with E-state index in [0.717, 1.165) is 38.2 Å². The quantitative estimate of drug-likeness (QED) is 0.755. The number of nitrogens with two attached hydrogens (primary N) is 1. The van der Waals surface area contributed by atoms with Crippen LogP contribution in [0.15, 0.2) is 23.0 Å². The van der Waals surface area contributed by atoms with E-state index in [9.17, 15) is 4.79 Å². The molecule has 0 amide bonds. The second-order valence-electron chi connectivity index (χ2n) is 8.82. The van der Waals surface area contributed by atoms with Crippen molar-refractivity contribution in [1.29, 1.82) is 0 Å². The minimum absolute atomic E-state index is 0.108. The zero-order chi connectivity index (χ0) is 20.9. The van der Waals surface area contributed by atoms with Crippen LogP contribution in [0.5, 0.6) is 0 Å². The summed E-state index contributed by atoms with van der Waals surface area (Å²) in [6.07, 6.45) is 4.44. The minimum atomic E-state index is -0.108. The fourth-order valence-electron chi connectivity index (χ4n) is 5.31. The van der Waals surface area contributed by atoms with E-state index < -0.39 is 0 Å². The zero-order valence-corrected chi connectivity index (χ0v) is 18.7. The molecule has 2 aliphatic rings. The van der Waals surface area contributed by atoms with Gasteiger partial charge < -0.3 is 10.6 Å². The molecule has 1 aromatic carbocycles. The lowest BCUT2D eigenvalue weighted by molar-refractivity contribution is 0.192. The number of hydrogen-bond donors (Lipinski definition) is 1. The van der Waals surface area contributed by atoms with Crippen molar-refractivity contribution in [2.45, 2.75) is 52.5 Å². The molecule has 2 atom stereocenters. The Hall–Kier alpha value is -1.56. The number of aromatic nitrogens is 2. The zero-order valence-electron chi connectivity index (χ0n) is 17.2. The Kier molecular flexibility index (Phi) is 5.43. The number of rotatable bonds is 2. The highest BCUT2D eigenvalue weighted by molar-refractivity contribution is 6.43. The smallest absolute Gasteiger partial charge is 0.263 e. The molecule has 0 unspecified atom stereocenters. The number of nitrogens with zero attached hydrogens (tertiary/aromatic N) is 3. The predicted molar refractivity (Wildman–Crippen MR) is 120 cm³/mol. The van der Waals surface area contributed by atoms with Crippen molar-refractivity contribution in [3.63, 3.8) is 0 Å².